The van der Waals surface area contributed by atoms with Gasteiger partial charge in [-0.3, -0.25) is 0 Å². The van der Waals surface area contributed by atoms with Gasteiger partial charge in [-0.05, 0) is 85.7 Å². The van der Waals surface area contributed by atoms with Gasteiger partial charge in [0.25, 0.3) is 5.88 Å². The molecule has 1 aliphatic carbocycles. The fourth-order valence-corrected chi connectivity index (χ4v) is 4.51. The Balaban J connectivity index is 1.35. The molecular formula is C30H31N3O5. The van der Waals surface area contributed by atoms with Crippen molar-refractivity contribution in [3.63, 3.8) is 0 Å². The smallest absolute Gasteiger partial charge is 0.364 e. The molecule has 0 aliphatic heterocycles. The van der Waals surface area contributed by atoms with Gasteiger partial charge in [-0.15, -0.1) is 5.10 Å². The van der Waals surface area contributed by atoms with Gasteiger partial charge in [-0.1, -0.05) is 41.6 Å². The summed E-state index contributed by atoms with van der Waals surface area (Å²) in [6.45, 7) is 2.33. The highest BCUT2D eigenvalue weighted by Crippen LogP contribution is 2.31. The fourth-order valence-electron chi connectivity index (χ4n) is 4.51. The molecule has 8 nitrogen and oxygen atoms in total. The number of hydrogen-bond donors (Lipinski definition) is 0. The Bertz CT molecular complexity index is 1360. The summed E-state index contributed by atoms with van der Waals surface area (Å²) >= 11 is 0. The first-order valence-corrected chi connectivity index (χ1v) is 12.9. The first kappa shape index (κ1) is 25.3. The van der Waals surface area contributed by atoms with Crippen LogP contribution in [0.3, 0.4) is 0 Å². The van der Waals surface area contributed by atoms with Gasteiger partial charge < -0.3 is 18.9 Å². The maximum absolute atomic E-state index is 12.6. The second-order valence-corrected chi connectivity index (χ2v) is 9.15. The second-order valence-electron chi connectivity index (χ2n) is 9.15. The first-order chi connectivity index (χ1) is 18.6. The van der Waals surface area contributed by atoms with E-state index in [4.69, 9.17) is 18.9 Å². The molecule has 38 heavy (non-hydrogen) atoms. The van der Waals surface area contributed by atoms with Crippen LogP contribution in [-0.2, 0) is 11.3 Å². The van der Waals surface area contributed by atoms with E-state index in [0.29, 0.717) is 18.4 Å². The van der Waals surface area contributed by atoms with Crippen LogP contribution in [0.5, 0.6) is 23.1 Å². The molecule has 0 spiro atoms. The average molecular weight is 514 g/mol. The molecule has 0 bridgehead atoms. The van der Waals surface area contributed by atoms with E-state index in [1.54, 1.807) is 18.7 Å². The Kier molecular flexibility index (Phi) is 7.87. The molecule has 8 heteroatoms. The zero-order valence-corrected chi connectivity index (χ0v) is 21.6. The number of carbonyl (C=O) groups is 1. The van der Waals surface area contributed by atoms with Crippen molar-refractivity contribution in [3.05, 3.63) is 84.1 Å². The number of ether oxygens (including phenoxy) is 4. The van der Waals surface area contributed by atoms with Crippen molar-refractivity contribution in [1.29, 1.82) is 0 Å². The molecule has 1 heterocycles. The molecule has 0 atom stereocenters. The van der Waals surface area contributed by atoms with Gasteiger partial charge in [-0.25, -0.2) is 9.48 Å². The Hall–Kier alpha value is -4.33. The molecule has 196 valence electrons. The van der Waals surface area contributed by atoms with Gasteiger partial charge in [0.1, 0.15) is 17.2 Å². The van der Waals surface area contributed by atoms with Gasteiger partial charge in [0, 0.05) is 0 Å². The van der Waals surface area contributed by atoms with E-state index in [1.165, 1.54) is 12.8 Å². The number of rotatable bonds is 10. The Morgan fingerprint density at radius 3 is 2.37 bits per heavy atom. The minimum absolute atomic E-state index is 0.0289. The SMILES string of the molecule is CCOC(=O)c1nnn(Cc2ccc(OC)cc2)c1Oc1ccc(-c2cccc(OC3CCCC3)c2)cc1. The quantitative estimate of drug-likeness (QED) is 0.230. The summed E-state index contributed by atoms with van der Waals surface area (Å²) in [6.07, 6.45) is 5.02. The van der Waals surface area contributed by atoms with Crippen molar-refractivity contribution in [2.45, 2.75) is 45.3 Å². The van der Waals surface area contributed by atoms with E-state index in [0.717, 1.165) is 41.0 Å². The summed E-state index contributed by atoms with van der Waals surface area (Å²) in [4.78, 5) is 12.6. The second kappa shape index (κ2) is 11.8. The predicted molar refractivity (Wildman–Crippen MR) is 143 cm³/mol. The minimum Gasteiger partial charge on any atom is -0.497 e. The van der Waals surface area contributed by atoms with Crippen molar-refractivity contribution in [2.24, 2.45) is 0 Å². The molecule has 1 saturated carbocycles. The molecule has 5 rings (SSSR count). The van der Waals surface area contributed by atoms with E-state index in [1.807, 2.05) is 60.7 Å². The van der Waals surface area contributed by atoms with E-state index >= 15 is 0 Å². The molecule has 0 N–H and O–H groups in total. The number of aromatic nitrogens is 3. The molecule has 4 aromatic rings. The molecule has 1 fully saturated rings. The summed E-state index contributed by atoms with van der Waals surface area (Å²) < 4.78 is 24.3. The normalized spacial score (nSPS) is 13.3. The summed E-state index contributed by atoms with van der Waals surface area (Å²) in [5.74, 6) is 1.84. The fraction of sp³-hybridized carbons (Fsp3) is 0.300. The summed E-state index contributed by atoms with van der Waals surface area (Å²) in [5.41, 5.74) is 3.07. The molecule has 0 saturated heterocycles. The van der Waals surface area contributed by atoms with Crippen LogP contribution in [0.1, 0.15) is 48.7 Å². The van der Waals surface area contributed by atoms with Gasteiger partial charge in [-0.2, -0.15) is 0 Å². The third-order valence-corrected chi connectivity index (χ3v) is 6.49. The minimum atomic E-state index is -0.584. The van der Waals surface area contributed by atoms with Crippen LogP contribution >= 0.6 is 0 Å². The van der Waals surface area contributed by atoms with Crippen LogP contribution in [0.15, 0.2) is 72.8 Å². The van der Waals surface area contributed by atoms with E-state index < -0.39 is 5.97 Å². The molecule has 0 unspecified atom stereocenters. The van der Waals surface area contributed by atoms with Gasteiger partial charge in [0.2, 0.25) is 5.69 Å². The number of hydrogen-bond acceptors (Lipinski definition) is 7. The first-order valence-electron chi connectivity index (χ1n) is 12.9. The highest BCUT2D eigenvalue weighted by atomic mass is 16.5. The largest absolute Gasteiger partial charge is 0.497 e. The van der Waals surface area contributed by atoms with Gasteiger partial charge >= 0.3 is 5.97 Å². The standard InChI is InChI=1S/C30H31N3O5/c1-3-36-30(34)28-29(33(32-31-28)20-21-11-15-24(35-2)16-12-21)38-26-17-13-22(14-18-26)23-7-6-10-27(19-23)37-25-8-4-5-9-25/h6-7,10-19,25H,3-5,8-9,20H2,1-2H3. The number of benzene rings is 3. The van der Waals surface area contributed by atoms with Crippen LogP contribution in [0, 0.1) is 0 Å². The van der Waals surface area contributed by atoms with Crippen molar-refractivity contribution in [2.75, 3.05) is 13.7 Å². The highest BCUT2D eigenvalue weighted by molar-refractivity contribution is 5.89. The lowest BCUT2D eigenvalue weighted by atomic mass is 10.1. The Morgan fingerprint density at radius 2 is 1.66 bits per heavy atom. The predicted octanol–water partition coefficient (Wildman–Crippen LogP) is 6.29. The van der Waals surface area contributed by atoms with Crippen molar-refractivity contribution in [3.8, 4) is 34.3 Å². The maximum Gasteiger partial charge on any atom is 0.364 e. The lowest BCUT2D eigenvalue weighted by Gasteiger charge is -2.14. The number of esters is 1. The van der Waals surface area contributed by atoms with Crippen molar-refractivity contribution < 1.29 is 23.7 Å². The monoisotopic (exact) mass is 513 g/mol. The molecule has 1 aliphatic rings. The van der Waals surface area contributed by atoms with Crippen LogP contribution in [0.4, 0.5) is 0 Å². The molecule has 0 amide bonds. The number of methoxy groups -OCH3 is 1. The lowest BCUT2D eigenvalue weighted by molar-refractivity contribution is 0.0516. The molecule has 0 radical (unpaired) electrons. The molecular weight excluding hydrogens is 482 g/mol. The van der Waals surface area contributed by atoms with Crippen LogP contribution < -0.4 is 14.2 Å². The Morgan fingerprint density at radius 1 is 0.921 bits per heavy atom. The van der Waals surface area contributed by atoms with Crippen molar-refractivity contribution in [1.82, 2.24) is 15.0 Å². The zero-order valence-electron chi connectivity index (χ0n) is 21.6. The highest BCUT2D eigenvalue weighted by Gasteiger charge is 2.24. The third-order valence-electron chi connectivity index (χ3n) is 6.49. The van der Waals surface area contributed by atoms with E-state index in [-0.39, 0.29) is 18.2 Å². The maximum atomic E-state index is 12.6. The summed E-state index contributed by atoms with van der Waals surface area (Å²) in [6, 6.07) is 23.4. The van der Waals surface area contributed by atoms with Gasteiger partial charge in [0.05, 0.1) is 26.4 Å². The van der Waals surface area contributed by atoms with Gasteiger partial charge in [0.15, 0.2) is 0 Å². The van der Waals surface area contributed by atoms with E-state index in [9.17, 15) is 4.79 Å². The number of carbonyl (C=O) groups excluding carboxylic acids is 1. The third kappa shape index (κ3) is 5.96. The topological polar surface area (TPSA) is 84.7 Å². The zero-order chi connectivity index (χ0) is 26.3. The van der Waals surface area contributed by atoms with Crippen LogP contribution in [-0.4, -0.2) is 40.8 Å². The summed E-state index contributed by atoms with van der Waals surface area (Å²) in [7, 11) is 1.62. The molecule has 3 aromatic carbocycles. The van der Waals surface area contributed by atoms with Crippen LogP contribution in [0.25, 0.3) is 11.1 Å². The number of nitrogens with zero attached hydrogens (tertiary/aromatic N) is 3. The Labute approximate surface area is 222 Å². The molecule has 1 aromatic heterocycles. The average Bonchev–Trinajstić information content (AvgIpc) is 3.60. The summed E-state index contributed by atoms with van der Waals surface area (Å²) in [5, 5.41) is 8.22. The lowest BCUT2D eigenvalue weighted by Crippen LogP contribution is -2.10. The van der Waals surface area contributed by atoms with Crippen molar-refractivity contribution >= 4 is 5.97 Å². The van der Waals surface area contributed by atoms with E-state index in [2.05, 4.69) is 22.4 Å². The van der Waals surface area contributed by atoms with Crippen LogP contribution in [0.2, 0.25) is 0 Å².